The number of likely N-dealkylation sites (tertiary alicyclic amines) is 1. The van der Waals surface area contributed by atoms with E-state index in [1.54, 1.807) is 17.0 Å². The van der Waals surface area contributed by atoms with E-state index >= 15 is 0 Å². The Kier molecular flexibility index (Phi) is 8.37. The summed E-state index contributed by atoms with van der Waals surface area (Å²) in [4.78, 5) is 26.9. The van der Waals surface area contributed by atoms with E-state index in [0.29, 0.717) is 57.3 Å². The molecule has 0 aliphatic carbocycles. The largest absolute Gasteiger partial charge is 0.490 e. The highest BCUT2D eigenvalue weighted by molar-refractivity contribution is 5.97. The highest BCUT2D eigenvalue weighted by Crippen LogP contribution is 2.24. The SMILES string of the molecule is CCOCCOc1ccccc1C(=O)N1CCCC(C(=O)NCCN)C1. The van der Waals surface area contributed by atoms with Crippen molar-refractivity contribution in [3.05, 3.63) is 29.8 Å². The van der Waals surface area contributed by atoms with Gasteiger partial charge < -0.3 is 25.4 Å². The summed E-state index contributed by atoms with van der Waals surface area (Å²) in [6.45, 7) is 5.36. The third-order valence-corrected chi connectivity index (χ3v) is 4.33. The number of rotatable bonds is 9. The first-order valence-electron chi connectivity index (χ1n) is 9.24. The number of piperidine rings is 1. The Balaban J connectivity index is 2.00. The standard InChI is InChI=1S/C19H29N3O4/c1-2-25-12-13-26-17-8-4-3-7-16(17)19(24)22-11-5-6-15(14-22)18(23)21-10-9-20/h3-4,7-8,15H,2,5-6,9-14,20H2,1H3,(H,21,23). The van der Waals surface area contributed by atoms with Crippen LogP contribution in [-0.4, -0.2) is 62.7 Å². The Morgan fingerprint density at radius 3 is 2.88 bits per heavy atom. The Labute approximate surface area is 154 Å². The predicted octanol–water partition coefficient (Wildman–Crippen LogP) is 1.03. The number of nitrogens with one attached hydrogen (secondary N) is 1. The molecule has 1 atom stereocenters. The van der Waals surface area contributed by atoms with E-state index in [1.807, 2.05) is 19.1 Å². The summed E-state index contributed by atoms with van der Waals surface area (Å²) in [6.07, 6.45) is 1.59. The molecule has 1 fully saturated rings. The summed E-state index contributed by atoms with van der Waals surface area (Å²) in [5.74, 6) is 0.222. The van der Waals surface area contributed by atoms with Crippen LogP contribution in [0.3, 0.4) is 0 Å². The highest BCUT2D eigenvalue weighted by atomic mass is 16.5. The second-order valence-corrected chi connectivity index (χ2v) is 6.21. The van der Waals surface area contributed by atoms with Gasteiger partial charge in [-0.05, 0) is 31.9 Å². The van der Waals surface area contributed by atoms with E-state index in [4.69, 9.17) is 15.2 Å². The van der Waals surface area contributed by atoms with Crippen LogP contribution in [0.1, 0.15) is 30.1 Å². The first-order valence-corrected chi connectivity index (χ1v) is 9.24. The quantitative estimate of drug-likeness (QED) is 0.639. The zero-order chi connectivity index (χ0) is 18.8. The van der Waals surface area contributed by atoms with Crippen LogP contribution in [0.2, 0.25) is 0 Å². The van der Waals surface area contributed by atoms with E-state index in [2.05, 4.69) is 5.32 Å². The molecule has 0 saturated carbocycles. The minimum absolute atomic E-state index is 0.0331. The number of nitrogens with two attached hydrogens (primary N) is 1. The molecule has 7 heteroatoms. The molecule has 7 nitrogen and oxygen atoms in total. The molecular weight excluding hydrogens is 334 g/mol. The first-order chi connectivity index (χ1) is 12.7. The number of para-hydroxylation sites is 1. The van der Waals surface area contributed by atoms with Gasteiger partial charge in [0.2, 0.25) is 5.91 Å². The average Bonchev–Trinajstić information content (AvgIpc) is 2.69. The normalized spacial score (nSPS) is 17.0. The number of nitrogens with zero attached hydrogens (tertiary/aromatic N) is 1. The average molecular weight is 363 g/mol. The van der Waals surface area contributed by atoms with E-state index in [1.165, 1.54) is 0 Å². The fraction of sp³-hybridized carbons (Fsp3) is 0.579. The van der Waals surface area contributed by atoms with Gasteiger partial charge >= 0.3 is 0 Å². The van der Waals surface area contributed by atoms with Crippen molar-refractivity contribution < 1.29 is 19.1 Å². The number of hydrogen-bond donors (Lipinski definition) is 2. The van der Waals surface area contributed by atoms with Gasteiger partial charge in [-0.1, -0.05) is 12.1 Å². The lowest BCUT2D eigenvalue weighted by molar-refractivity contribution is -0.126. The third kappa shape index (κ3) is 5.71. The molecule has 3 N–H and O–H groups in total. The Morgan fingerprint density at radius 1 is 1.31 bits per heavy atom. The van der Waals surface area contributed by atoms with Crippen LogP contribution >= 0.6 is 0 Å². The van der Waals surface area contributed by atoms with Crippen molar-refractivity contribution in [2.75, 3.05) is 46.0 Å². The maximum absolute atomic E-state index is 13.0. The van der Waals surface area contributed by atoms with Gasteiger partial charge in [-0.25, -0.2) is 0 Å². The molecule has 1 aliphatic heterocycles. The van der Waals surface area contributed by atoms with Crippen molar-refractivity contribution >= 4 is 11.8 Å². The van der Waals surface area contributed by atoms with Crippen molar-refractivity contribution in [3.8, 4) is 5.75 Å². The van der Waals surface area contributed by atoms with Gasteiger partial charge in [-0.3, -0.25) is 9.59 Å². The lowest BCUT2D eigenvalue weighted by atomic mass is 9.96. The Hall–Kier alpha value is -2.12. The fourth-order valence-electron chi connectivity index (χ4n) is 3.01. The van der Waals surface area contributed by atoms with Gasteiger partial charge in [0.25, 0.3) is 5.91 Å². The van der Waals surface area contributed by atoms with E-state index in [0.717, 1.165) is 12.8 Å². The van der Waals surface area contributed by atoms with Crippen molar-refractivity contribution in [2.45, 2.75) is 19.8 Å². The molecule has 1 unspecified atom stereocenters. The van der Waals surface area contributed by atoms with Crippen LogP contribution in [0.15, 0.2) is 24.3 Å². The lowest BCUT2D eigenvalue weighted by Gasteiger charge is -2.32. The molecule has 2 amide bonds. The molecular formula is C19H29N3O4. The maximum atomic E-state index is 13.0. The number of benzene rings is 1. The molecule has 1 aromatic carbocycles. The Morgan fingerprint density at radius 2 is 2.12 bits per heavy atom. The van der Waals surface area contributed by atoms with Gasteiger partial charge in [0.05, 0.1) is 18.1 Å². The molecule has 0 spiro atoms. The van der Waals surface area contributed by atoms with Crippen molar-refractivity contribution in [1.82, 2.24) is 10.2 Å². The van der Waals surface area contributed by atoms with Gasteiger partial charge in [-0.2, -0.15) is 0 Å². The minimum atomic E-state index is -0.190. The number of carbonyl (C=O) groups is 2. The summed E-state index contributed by atoms with van der Waals surface area (Å²) in [5.41, 5.74) is 5.95. The van der Waals surface area contributed by atoms with Crippen LogP contribution in [0.4, 0.5) is 0 Å². The van der Waals surface area contributed by atoms with Crippen molar-refractivity contribution in [2.24, 2.45) is 11.7 Å². The van der Waals surface area contributed by atoms with Gasteiger partial charge in [0.1, 0.15) is 12.4 Å². The molecule has 1 saturated heterocycles. The van der Waals surface area contributed by atoms with Crippen molar-refractivity contribution in [3.63, 3.8) is 0 Å². The summed E-state index contributed by atoms with van der Waals surface area (Å²) < 4.78 is 11.0. The molecule has 1 aromatic rings. The van der Waals surface area contributed by atoms with Gasteiger partial charge in [0.15, 0.2) is 0 Å². The number of amides is 2. The summed E-state index contributed by atoms with van der Waals surface area (Å²) in [7, 11) is 0. The molecule has 1 aliphatic rings. The van der Waals surface area contributed by atoms with Gasteiger partial charge in [-0.15, -0.1) is 0 Å². The first kappa shape index (κ1) is 20.2. The van der Waals surface area contributed by atoms with Crippen LogP contribution in [0.5, 0.6) is 5.75 Å². The summed E-state index contributed by atoms with van der Waals surface area (Å²) >= 11 is 0. The molecule has 2 rings (SSSR count). The summed E-state index contributed by atoms with van der Waals surface area (Å²) in [5, 5.41) is 2.81. The molecule has 26 heavy (non-hydrogen) atoms. The smallest absolute Gasteiger partial charge is 0.257 e. The zero-order valence-corrected chi connectivity index (χ0v) is 15.4. The molecule has 0 radical (unpaired) electrons. The van der Waals surface area contributed by atoms with Crippen molar-refractivity contribution in [1.29, 1.82) is 0 Å². The zero-order valence-electron chi connectivity index (χ0n) is 15.4. The van der Waals surface area contributed by atoms with Gasteiger partial charge in [0, 0.05) is 32.8 Å². The van der Waals surface area contributed by atoms with E-state index in [-0.39, 0.29) is 17.7 Å². The number of carbonyl (C=O) groups excluding carboxylic acids is 2. The topological polar surface area (TPSA) is 93.9 Å². The maximum Gasteiger partial charge on any atom is 0.257 e. The predicted molar refractivity (Wildman–Crippen MR) is 99.1 cm³/mol. The number of ether oxygens (including phenoxy) is 2. The van der Waals surface area contributed by atoms with Crippen LogP contribution in [0.25, 0.3) is 0 Å². The second kappa shape index (κ2) is 10.8. The molecule has 144 valence electrons. The van der Waals surface area contributed by atoms with Crippen LogP contribution in [0, 0.1) is 5.92 Å². The molecule has 0 aromatic heterocycles. The molecule has 1 heterocycles. The molecule has 0 bridgehead atoms. The van der Waals surface area contributed by atoms with E-state index in [9.17, 15) is 9.59 Å². The number of hydrogen-bond acceptors (Lipinski definition) is 5. The second-order valence-electron chi connectivity index (χ2n) is 6.21. The summed E-state index contributed by atoms with van der Waals surface area (Å²) in [6, 6.07) is 7.20. The fourth-order valence-corrected chi connectivity index (χ4v) is 3.01. The lowest BCUT2D eigenvalue weighted by Crippen LogP contribution is -2.46. The van der Waals surface area contributed by atoms with Crippen LogP contribution < -0.4 is 15.8 Å². The monoisotopic (exact) mass is 363 g/mol. The minimum Gasteiger partial charge on any atom is -0.490 e. The van der Waals surface area contributed by atoms with Crippen LogP contribution in [-0.2, 0) is 9.53 Å². The Bertz CT molecular complexity index is 594. The highest BCUT2D eigenvalue weighted by Gasteiger charge is 2.29. The van der Waals surface area contributed by atoms with E-state index < -0.39 is 0 Å². The third-order valence-electron chi connectivity index (χ3n) is 4.33.